The summed E-state index contributed by atoms with van der Waals surface area (Å²) < 4.78 is 0. The Bertz CT molecular complexity index is 374. The molecule has 21 heavy (non-hydrogen) atoms. The number of aliphatic carboxylic acids is 1. The van der Waals surface area contributed by atoms with Gasteiger partial charge in [-0.15, -0.1) is 0 Å². The van der Waals surface area contributed by atoms with E-state index in [0.717, 1.165) is 45.4 Å². The SMILES string of the molecule is CCN(CC)C1CCN(C(=O)[C@@H]2CC[C@H](C(=O)O)C2)CC1. The van der Waals surface area contributed by atoms with Gasteiger partial charge in [0.15, 0.2) is 0 Å². The van der Waals surface area contributed by atoms with Gasteiger partial charge in [0.25, 0.3) is 0 Å². The minimum atomic E-state index is -0.745. The standard InChI is InChI=1S/C16H28N2O3/c1-3-17(4-2)14-7-9-18(10-8-14)15(19)12-5-6-13(11-12)16(20)21/h12-14H,3-11H2,1-2H3,(H,20,21)/t12-,13+/m1/s1. The number of carbonyl (C=O) groups is 2. The number of nitrogens with zero attached hydrogens (tertiary/aromatic N) is 2. The first-order valence-corrected chi connectivity index (χ1v) is 8.32. The van der Waals surface area contributed by atoms with E-state index in [9.17, 15) is 9.59 Å². The van der Waals surface area contributed by atoms with Crippen LogP contribution in [0.4, 0.5) is 0 Å². The highest BCUT2D eigenvalue weighted by Crippen LogP contribution is 2.33. The van der Waals surface area contributed by atoms with E-state index in [1.54, 1.807) is 0 Å². The van der Waals surface area contributed by atoms with Crippen LogP contribution in [0.25, 0.3) is 0 Å². The van der Waals surface area contributed by atoms with E-state index in [4.69, 9.17) is 5.11 Å². The van der Waals surface area contributed by atoms with Gasteiger partial charge in [0.05, 0.1) is 5.92 Å². The van der Waals surface area contributed by atoms with Crippen molar-refractivity contribution in [1.82, 2.24) is 9.80 Å². The Balaban J connectivity index is 1.82. The summed E-state index contributed by atoms with van der Waals surface area (Å²) >= 11 is 0. The van der Waals surface area contributed by atoms with Crippen molar-refractivity contribution in [2.45, 2.75) is 52.0 Å². The molecule has 120 valence electrons. The largest absolute Gasteiger partial charge is 0.481 e. The number of hydrogen-bond acceptors (Lipinski definition) is 3. The van der Waals surface area contributed by atoms with Gasteiger partial charge in [-0.1, -0.05) is 13.8 Å². The first kappa shape index (κ1) is 16.3. The first-order chi connectivity index (χ1) is 10.1. The molecule has 0 radical (unpaired) electrons. The van der Waals surface area contributed by atoms with E-state index >= 15 is 0 Å². The van der Waals surface area contributed by atoms with Gasteiger partial charge in [-0.3, -0.25) is 9.59 Å². The Morgan fingerprint density at radius 1 is 1.05 bits per heavy atom. The molecule has 0 aromatic carbocycles. The summed E-state index contributed by atoms with van der Waals surface area (Å²) in [5, 5.41) is 9.04. The van der Waals surface area contributed by atoms with Crippen LogP contribution < -0.4 is 0 Å². The topological polar surface area (TPSA) is 60.9 Å². The summed E-state index contributed by atoms with van der Waals surface area (Å²) in [6.45, 7) is 8.16. The van der Waals surface area contributed by atoms with E-state index in [0.29, 0.717) is 18.9 Å². The maximum atomic E-state index is 12.5. The van der Waals surface area contributed by atoms with Crippen molar-refractivity contribution in [2.24, 2.45) is 11.8 Å². The Labute approximate surface area is 127 Å². The van der Waals surface area contributed by atoms with Crippen molar-refractivity contribution in [2.75, 3.05) is 26.2 Å². The fourth-order valence-electron chi connectivity index (χ4n) is 3.88. The molecule has 1 saturated heterocycles. The van der Waals surface area contributed by atoms with Gasteiger partial charge in [0, 0.05) is 25.0 Å². The highest BCUT2D eigenvalue weighted by Gasteiger charge is 2.37. The predicted molar refractivity (Wildman–Crippen MR) is 81.0 cm³/mol. The van der Waals surface area contributed by atoms with Crippen LogP contribution >= 0.6 is 0 Å². The molecule has 5 heteroatoms. The van der Waals surface area contributed by atoms with Crippen LogP contribution in [-0.4, -0.2) is 59.0 Å². The van der Waals surface area contributed by atoms with Crippen molar-refractivity contribution >= 4 is 11.9 Å². The van der Waals surface area contributed by atoms with E-state index < -0.39 is 5.97 Å². The third kappa shape index (κ3) is 3.76. The second-order valence-corrected chi connectivity index (χ2v) is 6.32. The third-order valence-electron chi connectivity index (χ3n) is 5.24. The van der Waals surface area contributed by atoms with E-state index in [-0.39, 0.29) is 17.7 Å². The normalized spacial score (nSPS) is 27.3. The van der Waals surface area contributed by atoms with Crippen LogP contribution in [0.1, 0.15) is 46.0 Å². The third-order valence-corrected chi connectivity index (χ3v) is 5.24. The number of likely N-dealkylation sites (tertiary alicyclic amines) is 1. The molecule has 0 spiro atoms. The van der Waals surface area contributed by atoms with Crippen LogP contribution in [0, 0.1) is 11.8 Å². The van der Waals surface area contributed by atoms with Crippen molar-refractivity contribution in [3.05, 3.63) is 0 Å². The lowest BCUT2D eigenvalue weighted by Crippen LogP contribution is -2.48. The monoisotopic (exact) mass is 296 g/mol. The van der Waals surface area contributed by atoms with Crippen molar-refractivity contribution in [1.29, 1.82) is 0 Å². The number of carbonyl (C=O) groups excluding carboxylic acids is 1. The van der Waals surface area contributed by atoms with Crippen LogP contribution in [0.5, 0.6) is 0 Å². The molecule has 2 rings (SSSR count). The lowest BCUT2D eigenvalue weighted by molar-refractivity contribution is -0.141. The smallest absolute Gasteiger partial charge is 0.306 e. The van der Waals surface area contributed by atoms with Gasteiger partial charge in [-0.05, 0) is 45.2 Å². The molecule has 0 bridgehead atoms. The lowest BCUT2D eigenvalue weighted by Gasteiger charge is -2.38. The molecule has 0 aromatic heterocycles. The molecule has 1 aliphatic carbocycles. The molecule has 2 atom stereocenters. The van der Waals surface area contributed by atoms with Crippen molar-refractivity contribution in [3.8, 4) is 0 Å². The predicted octanol–water partition coefficient (Wildman–Crippen LogP) is 1.82. The summed E-state index contributed by atoms with van der Waals surface area (Å²) in [7, 11) is 0. The molecule has 0 unspecified atom stereocenters. The molecular formula is C16H28N2O3. The first-order valence-electron chi connectivity index (χ1n) is 8.32. The van der Waals surface area contributed by atoms with Gasteiger partial charge < -0.3 is 14.9 Å². The second kappa shape index (κ2) is 7.25. The quantitative estimate of drug-likeness (QED) is 0.840. The van der Waals surface area contributed by atoms with Crippen LogP contribution in [0.15, 0.2) is 0 Å². The van der Waals surface area contributed by atoms with Gasteiger partial charge >= 0.3 is 5.97 Å². The molecule has 2 aliphatic rings. The van der Waals surface area contributed by atoms with E-state index in [2.05, 4.69) is 18.7 Å². The van der Waals surface area contributed by atoms with Crippen LogP contribution in [0.3, 0.4) is 0 Å². The minimum Gasteiger partial charge on any atom is -0.481 e. The molecule has 5 nitrogen and oxygen atoms in total. The fourth-order valence-corrected chi connectivity index (χ4v) is 3.88. The Morgan fingerprint density at radius 2 is 1.62 bits per heavy atom. The molecule has 1 heterocycles. The van der Waals surface area contributed by atoms with Crippen LogP contribution in [-0.2, 0) is 9.59 Å². The van der Waals surface area contributed by atoms with E-state index in [1.807, 2.05) is 4.90 Å². The number of piperidine rings is 1. The Kier molecular flexibility index (Phi) is 5.62. The maximum Gasteiger partial charge on any atom is 0.306 e. The minimum absolute atomic E-state index is 0.0592. The van der Waals surface area contributed by atoms with Crippen molar-refractivity contribution in [3.63, 3.8) is 0 Å². The van der Waals surface area contributed by atoms with Crippen LogP contribution in [0.2, 0.25) is 0 Å². The van der Waals surface area contributed by atoms with Gasteiger partial charge in [0.1, 0.15) is 0 Å². The van der Waals surface area contributed by atoms with E-state index in [1.165, 1.54) is 0 Å². The average molecular weight is 296 g/mol. The van der Waals surface area contributed by atoms with Crippen molar-refractivity contribution < 1.29 is 14.7 Å². The summed E-state index contributed by atoms with van der Waals surface area (Å²) in [5.41, 5.74) is 0. The van der Waals surface area contributed by atoms with Gasteiger partial charge in [-0.2, -0.15) is 0 Å². The molecular weight excluding hydrogens is 268 g/mol. The molecule has 1 N–H and O–H groups in total. The molecule has 1 saturated carbocycles. The summed E-state index contributed by atoms with van der Waals surface area (Å²) in [5.74, 6) is -0.925. The zero-order chi connectivity index (χ0) is 15.4. The van der Waals surface area contributed by atoms with Gasteiger partial charge in [0.2, 0.25) is 5.91 Å². The zero-order valence-electron chi connectivity index (χ0n) is 13.3. The molecule has 2 fully saturated rings. The highest BCUT2D eigenvalue weighted by atomic mass is 16.4. The maximum absolute atomic E-state index is 12.5. The number of amides is 1. The Hall–Kier alpha value is -1.10. The number of carboxylic acids is 1. The summed E-state index contributed by atoms with van der Waals surface area (Å²) in [4.78, 5) is 27.9. The summed E-state index contributed by atoms with van der Waals surface area (Å²) in [6, 6.07) is 0.597. The molecule has 1 amide bonds. The summed E-state index contributed by atoms with van der Waals surface area (Å²) in [6.07, 6.45) is 4.02. The van der Waals surface area contributed by atoms with Gasteiger partial charge in [-0.25, -0.2) is 0 Å². The molecule has 0 aromatic rings. The lowest BCUT2D eigenvalue weighted by atomic mass is 9.99. The average Bonchev–Trinajstić information content (AvgIpc) is 2.98. The number of hydrogen-bond donors (Lipinski definition) is 1. The molecule has 1 aliphatic heterocycles. The Morgan fingerprint density at radius 3 is 2.10 bits per heavy atom. The number of carboxylic acid groups (broad SMARTS) is 1. The fraction of sp³-hybridized carbons (Fsp3) is 0.875. The number of rotatable bonds is 5. The zero-order valence-corrected chi connectivity index (χ0v) is 13.3. The second-order valence-electron chi connectivity index (χ2n) is 6.32. The highest BCUT2D eigenvalue weighted by molar-refractivity contribution is 5.81.